The first kappa shape index (κ1) is 17.2. The molecule has 0 spiro atoms. The maximum absolute atomic E-state index is 4.85. The minimum Gasteiger partial charge on any atom is -0.304 e. The van der Waals surface area contributed by atoms with Crippen LogP contribution in [0.5, 0.6) is 0 Å². The Labute approximate surface area is 155 Å². The lowest BCUT2D eigenvalue weighted by atomic mass is 10.0. The van der Waals surface area contributed by atoms with Gasteiger partial charge in [-0.15, -0.1) is 0 Å². The van der Waals surface area contributed by atoms with E-state index in [2.05, 4.69) is 53.1 Å². The third kappa shape index (κ3) is 3.64. The lowest BCUT2D eigenvalue weighted by Crippen LogP contribution is -2.45. The topological polar surface area (TPSA) is 37.2 Å². The molecule has 1 aliphatic rings. The van der Waals surface area contributed by atoms with Crippen molar-refractivity contribution in [1.29, 1.82) is 0 Å². The van der Waals surface area contributed by atoms with Crippen LogP contribution in [0.2, 0.25) is 0 Å². The van der Waals surface area contributed by atoms with E-state index in [-0.39, 0.29) is 0 Å². The number of likely N-dealkylation sites (N-methyl/N-ethyl adjacent to an activating group) is 1. The second-order valence-corrected chi connectivity index (χ2v) is 7.47. The van der Waals surface area contributed by atoms with Crippen molar-refractivity contribution in [2.75, 3.05) is 39.8 Å². The summed E-state index contributed by atoms with van der Waals surface area (Å²) in [4.78, 5) is 9.82. The molecule has 26 heavy (non-hydrogen) atoms. The van der Waals surface area contributed by atoms with E-state index in [4.69, 9.17) is 4.98 Å². The maximum atomic E-state index is 4.85. The molecule has 1 saturated heterocycles. The van der Waals surface area contributed by atoms with Crippen molar-refractivity contribution < 1.29 is 0 Å². The van der Waals surface area contributed by atoms with Crippen LogP contribution in [0.25, 0.3) is 22.2 Å². The first-order chi connectivity index (χ1) is 12.6. The fourth-order valence-electron chi connectivity index (χ4n) is 3.66. The van der Waals surface area contributed by atoms with E-state index >= 15 is 0 Å². The van der Waals surface area contributed by atoms with Crippen molar-refractivity contribution in [2.45, 2.75) is 13.3 Å². The van der Waals surface area contributed by atoms with Gasteiger partial charge in [-0.3, -0.25) is 4.68 Å². The lowest BCUT2D eigenvalue weighted by molar-refractivity contribution is 0.155. The van der Waals surface area contributed by atoms with Crippen molar-refractivity contribution in [3.05, 3.63) is 47.8 Å². The van der Waals surface area contributed by atoms with Gasteiger partial charge in [0.25, 0.3) is 0 Å². The molecule has 4 rings (SSSR count). The summed E-state index contributed by atoms with van der Waals surface area (Å²) in [6.45, 7) is 8.03. The van der Waals surface area contributed by atoms with E-state index < -0.39 is 0 Å². The maximum Gasteiger partial charge on any atom is 0.0743 e. The van der Waals surface area contributed by atoms with Crippen LogP contribution in [0, 0.1) is 6.92 Å². The van der Waals surface area contributed by atoms with E-state index in [0.29, 0.717) is 0 Å². The predicted molar refractivity (Wildman–Crippen MR) is 106 cm³/mol. The predicted octanol–water partition coefficient (Wildman–Crippen LogP) is 2.73. The van der Waals surface area contributed by atoms with Gasteiger partial charge in [-0.05, 0) is 49.7 Å². The molecule has 0 bridgehead atoms. The van der Waals surface area contributed by atoms with Gasteiger partial charge in [0.2, 0.25) is 0 Å². The monoisotopic (exact) mass is 349 g/mol. The van der Waals surface area contributed by atoms with Crippen molar-refractivity contribution in [3.63, 3.8) is 0 Å². The molecule has 3 heterocycles. The second-order valence-electron chi connectivity index (χ2n) is 7.47. The molecule has 1 fully saturated rings. The van der Waals surface area contributed by atoms with Gasteiger partial charge >= 0.3 is 0 Å². The van der Waals surface area contributed by atoms with Crippen LogP contribution in [0.3, 0.4) is 0 Å². The molecule has 0 N–H and O–H groups in total. The third-order valence-corrected chi connectivity index (χ3v) is 5.39. The molecule has 5 nitrogen and oxygen atoms in total. The molecule has 0 radical (unpaired) electrons. The summed E-state index contributed by atoms with van der Waals surface area (Å²) in [5.74, 6) is 0. The smallest absolute Gasteiger partial charge is 0.0743 e. The Morgan fingerprint density at radius 3 is 2.58 bits per heavy atom. The first-order valence-corrected chi connectivity index (χ1v) is 9.39. The highest BCUT2D eigenvalue weighted by Crippen LogP contribution is 2.25. The zero-order valence-electron chi connectivity index (χ0n) is 15.9. The number of hydrogen-bond donors (Lipinski definition) is 0. The van der Waals surface area contributed by atoms with Gasteiger partial charge in [0, 0.05) is 56.9 Å². The Hall–Kier alpha value is -2.24. The summed E-state index contributed by atoms with van der Waals surface area (Å²) in [7, 11) is 4.14. The van der Waals surface area contributed by atoms with Gasteiger partial charge < -0.3 is 9.80 Å². The molecule has 1 aromatic carbocycles. The van der Waals surface area contributed by atoms with Gasteiger partial charge in [0.1, 0.15) is 0 Å². The number of benzene rings is 1. The quantitative estimate of drug-likeness (QED) is 0.726. The minimum atomic E-state index is 0.994. The second kappa shape index (κ2) is 7.17. The van der Waals surface area contributed by atoms with Crippen molar-refractivity contribution in [3.8, 4) is 11.3 Å². The number of nitrogens with zero attached hydrogens (tertiary/aromatic N) is 5. The minimum absolute atomic E-state index is 0.994. The van der Waals surface area contributed by atoms with E-state index in [1.54, 1.807) is 0 Å². The van der Waals surface area contributed by atoms with Crippen LogP contribution < -0.4 is 0 Å². The van der Waals surface area contributed by atoms with Crippen molar-refractivity contribution in [1.82, 2.24) is 24.6 Å². The van der Waals surface area contributed by atoms with E-state index in [1.807, 2.05) is 24.1 Å². The SMILES string of the molecule is Cc1cc(-c2cnn(C)c2)nc2ccc(CCN3CCN(C)CC3)cc12. The average molecular weight is 349 g/mol. The largest absolute Gasteiger partial charge is 0.304 e. The van der Waals surface area contributed by atoms with Crippen LogP contribution in [-0.4, -0.2) is 64.3 Å². The van der Waals surface area contributed by atoms with Crippen LogP contribution in [0.1, 0.15) is 11.1 Å². The first-order valence-electron chi connectivity index (χ1n) is 9.39. The van der Waals surface area contributed by atoms with Gasteiger partial charge in [0.05, 0.1) is 17.4 Å². The van der Waals surface area contributed by atoms with E-state index in [0.717, 1.165) is 29.7 Å². The van der Waals surface area contributed by atoms with Gasteiger partial charge in [0.15, 0.2) is 0 Å². The molecule has 136 valence electrons. The molecule has 3 aromatic rings. The summed E-state index contributed by atoms with van der Waals surface area (Å²) in [6.07, 6.45) is 4.99. The number of aryl methyl sites for hydroxylation is 2. The molecule has 0 saturated carbocycles. The normalized spacial score (nSPS) is 16.4. The highest BCUT2D eigenvalue weighted by molar-refractivity contribution is 5.85. The van der Waals surface area contributed by atoms with Gasteiger partial charge in [-0.2, -0.15) is 5.10 Å². The molecule has 5 heteroatoms. The van der Waals surface area contributed by atoms with Crippen LogP contribution >= 0.6 is 0 Å². The molecule has 0 aliphatic carbocycles. The molecule has 0 amide bonds. The average Bonchev–Trinajstić information content (AvgIpc) is 3.08. The zero-order valence-corrected chi connectivity index (χ0v) is 15.9. The highest BCUT2D eigenvalue weighted by Gasteiger charge is 2.13. The molecular formula is C21H27N5. The van der Waals surface area contributed by atoms with Crippen LogP contribution in [0.4, 0.5) is 0 Å². The van der Waals surface area contributed by atoms with Gasteiger partial charge in [-0.25, -0.2) is 4.98 Å². The Balaban J connectivity index is 1.53. The summed E-state index contributed by atoms with van der Waals surface area (Å²) >= 11 is 0. The number of fused-ring (bicyclic) bond motifs is 1. The van der Waals surface area contributed by atoms with Crippen LogP contribution in [-0.2, 0) is 13.5 Å². The fraction of sp³-hybridized carbons (Fsp3) is 0.429. The summed E-state index contributed by atoms with van der Waals surface area (Å²) < 4.78 is 1.82. The molecule has 0 atom stereocenters. The third-order valence-electron chi connectivity index (χ3n) is 5.39. The van der Waals surface area contributed by atoms with Crippen molar-refractivity contribution in [2.24, 2.45) is 7.05 Å². The summed E-state index contributed by atoms with van der Waals surface area (Å²) in [5.41, 5.74) is 5.79. The Bertz CT molecular complexity index is 906. The lowest BCUT2D eigenvalue weighted by Gasteiger charge is -2.32. The van der Waals surface area contributed by atoms with E-state index in [1.165, 1.54) is 42.7 Å². The Kier molecular flexibility index (Phi) is 4.74. The Morgan fingerprint density at radius 2 is 1.85 bits per heavy atom. The Morgan fingerprint density at radius 1 is 1.04 bits per heavy atom. The van der Waals surface area contributed by atoms with E-state index in [9.17, 15) is 0 Å². The standard InChI is InChI=1S/C21H27N5/c1-16-12-21(18-14-22-25(3)15-18)23-20-5-4-17(13-19(16)20)6-7-26-10-8-24(2)9-11-26/h4-5,12-15H,6-11H2,1-3H3. The van der Waals surface area contributed by atoms with Crippen LogP contribution in [0.15, 0.2) is 36.7 Å². The summed E-state index contributed by atoms with van der Waals surface area (Å²) in [5, 5.41) is 5.52. The number of piperazine rings is 1. The molecule has 2 aromatic heterocycles. The van der Waals surface area contributed by atoms with Gasteiger partial charge in [-0.1, -0.05) is 6.07 Å². The molecule has 0 unspecified atom stereocenters. The fourth-order valence-corrected chi connectivity index (χ4v) is 3.66. The zero-order chi connectivity index (χ0) is 18.1. The number of aromatic nitrogens is 3. The number of pyridine rings is 1. The number of rotatable bonds is 4. The molecular weight excluding hydrogens is 322 g/mol. The molecule has 1 aliphatic heterocycles. The number of hydrogen-bond acceptors (Lipinski definition) is 4. The summed E-state index contributed by atoms with van der Waals surface area (Å²) in [6, 6.07) is 8.89. The highest BCUT2D eigenvalue weighted by atomic mass is 15.2. The van der Waals surface area contributed by atoms with Crippen molar-refractivity contribution >= 4 is 10.9 Å².